The van der Waals surface area contributed by atoms with E-state index in [1.165, 1.54) is 36.8 Å². The fourth-order valence-corrected chi connectivity index (χ4v) is 5.02. The molecule has 3 unspecified atom stereocenters. The molecule has 0 spiro atoms. The highest BCUT2D eigenvalue weighted by Crippen LogP contribution is 2.45. The molecule has 1 nitrogen and oxygen atoms in total. The Balaban J connectivity index is 2.17. The van der Waals surface area contributed by atoms with Gasteiger partial charge in [0.15, 0.2) is 0 Å². The highest BCUT2D eigenvalue weighted by atomic mass is 127. The summed E-state index contributed by atoms with van der Waals surface area (Å²) in [5, 5.41) is 0. The Morgan fingerprint density at radius 1 is 1.32 bits per heavy atom. The molecule has 0 amide bonds. The lowest BCUT2D eigenvalue weighted by Crippen LogP contribution is -2.25. The minimum absolute atomic E-state index is 0.352. The van der Waals surface area contributed by atoms with E-state index < -0.39 is 0 Å². The van der Waals surface area contributed by atoms with Crippen molar-refractivity contribution in [3.8, 4) is 0 Å². The van der Waals surface area contributed by atoms with Crippen LogP contribution in [0.1, 0.15) is 54.1 Å². The Morgan fingerprint density at radius 2 is 2.00 bits per heavy atom. The van der Waals surface area contributed by atoms with Crippen LogP contribution in [0, 0.1) is 18.8 Å². The summed E-state index contributed by atoms with van der Waals surface area (Å²) in [5.41, 5.74) is 2.85. The van der Waals surface area contributed by atoms with E-state index in [1.54, 1.807) is 6.92 Å². The molecule has 0 radical (unpaired) electrons. The molecule has 0 heterocycles. The molecule has 1 aliphatic rings. The fourth-order valence-electron chi connectivity index (χ4n) is 3.37. The number of alkyl halides is 1. The van der Waals surface area contributed by atoms with Crippen LogP contribution in [-0.2, 0) is 4.79 Å². The third-order valence-electron chi connectivity index (χ3n) is 4.38. The maximum absolute atomic E-state index is 11.5. The first kappa shape index (κ1) is 15.0. The lowest BCUT2D eigenvalue weighted by Gasteiger charge is -2.35. The molecule has 0 N–H and O–H groups in total. The Bertz CT molecular complexity index is 441. The van der Waals surface area contributed by atoms with Gasteiger partial charge >= 0.3 is 0 Å². The molecule has 104 valence electrons. The molecule has 3 atom stereocenters. The molecule has 19 heavy (non-hydrogen) atoms. The quantitative estimate of drug-likeness (QED) is 0.522. The number of halogens is 1. The van der Waals surface area contributed by atoms with Crippen LogP contribution in [0.25, 0.3) is 0 Å². The van der Waals surface area contributed by atoms with Crippen molar-refractivity contribution in [1.82, 2.24) is 0 Å². The molecule has 0 saturated heterocycles. The minimum Gasteiger partial charge on any atom is -0.300 e. The molecule has 2 heteroatoms. The lowest BCUT2D eigenvalue weighted by molar-refractivity contribution is -0.118. The number of benzene rings is 1. The van der Waals surface area contributed by atoms with Gasteiger partial charge in [-0.3, -0.25) is 0 Å². The zero-order valence-corrected chi connectivity index (χ0v) is 14.0. The van der Waals surface area contributed by atoms with E-state index in [-0.39, 0.29) is 0 Å². The molecule has 1 aromatic rings. The van der Waals surface area contributed by atoms with Gasteiger partial charge in [0.25, 0.3) is 0 Å². The van der Waals surface area contributed by atoms with Crippen molar-refractivity contribution < 1.29 is 4.79 Å². The summed E-state index contributed by atoms with van der Waals surface area (Å²) < 4.78 is 0.545. The Kier molecular flexibility index (Phi) is 5.43. The maximum Gasteiger partial charge on any atom is 0.130 e. The average molecular weight is 370 g/mol. The zero-order valence-electron chi connectivity index (χ0n) is 11.9. The zero-order chi connectivity index (χ0) is 13.8. The predicted octanol–water partition coefficient (Wildman–Crippen LogP) is 5.26. The number of Topliss-reactive ketones (excluding diaryl/α,β-unsaturated/α-hetero) is 1. The van der Waals surface area contributed by atoms with Crippen molar-refractivity contribution in [2.45, 2.75) is 49.9 Å². The van der Waals surface area contributed by atoms with Crippen molar-refractivity contribution in [3.63, 3.8) is 0 Å². The van der Waals surface area contributed by atoms with Crippen LogP contribution < -0.4 is 0 Å². The molecule has 0 bridgehead atoms. The third kappa shape index (κ3) is 3.80. The SMILES string of the molecule is CC(=O)CC1CCCCC1C(I)c1ccccc1C. The highest BCUT2D eigenvalue weighted by Gasteiger charge is 2.32. The van der Waals surface area contributed by atoms with Gasteiger partial charge in [-0.2, -0.15) is 0 Å². The maximum atomic E-state index is 11.5. The van der Waals surface area contributed by atoms with Crippen LogP contribution in [-0.4, -0.2) is 5.78 Å². The van der Waals surface area contributed by atoms with E-state index in [1.807, 2.05) is 0 Å². The number of hydrogen-bond donors (Lipinski definition) is 0. The van der Waals surface area contributed by atoms with Gasteiger partial charge in [0, 0.05) is 10.3 Å². The third-order valence-corrected chi connectivity index (χ3v) is 5.97. The van der Waals surface area contributed by atoms with E-state index >= 15 is 0 Å². The number of aryl methyl sites for hydroxylation is 1. The van der Waals surface area contributed by atoms with E-state index in [2.05, 4.69) is 53.8 Å². The van der Waals surface area contributed by atoms with Gasteiger partial charge in [-0.15, -0.1) is 0 Å². The first-order valence-corrected chi connectivity index (χ1v) is 8.53. The van der Waals surface area contributed by atoms with E-state index in [0.29, 0.717) is 21.5 Å². The van der Waals surface area contributed by atoms with Gasteiger partial charge in [0.1, 0.15) is 5.78 Å². The van der Waals surface area contributed by atoms with Crippen LogP contribution in [0.2, 0.25) is 0 Å². The summed E-state index contributed by atoms with van der Waals surface area (Å²) in [5.74, 6) is 1.61. The predicted molar refractivity (Wildman–Crippen MR) is 88.7 cm³/mol. The van der Waals surface area contributed by atoms with Crippen molar-refractivity contribution in [2.75, 3.05) is 0 Å². The molecule has 1 saturated carbocycles. The first-order chi connectivity index (χ1) is 9.09. The summed E-state index contributed by atoms with van der Waals surface area (Å²) >= 11 is 2.60. The molecular weight excluding hydrogens is 347 g/mol. The fraction of sp³-hybridized carbons (Fsp3) is 0.588. The van der Waals surface area contributed by atoms with Crippen molar-refractivity contribution in [1.29, 1.82) is 0 Å². The average Bonchev–Trinajstić information content (AvgIpc) is 2.38. The molecular formula is C17H23IO. The summed E-state index contributed by atoms with van der Waals surface area (Å²) in [6.07, 6.45) is 5.90. The monoisotopic (exact) mass is 370 g/mol. The van der Waals surface area contributed by atoms with E-state index in [9.17, 15) is 4.79 Å². The van der Waals surface area contributed by atoms with Crippen molar-refractivity contribution in [2.24, 2.45) is 11.8 Å². The number of carbonyl (C=O) groups excluding carboxylic acids is 1. The van der Waals surface area contributed by atoms with E-state index in [4.69, 9.17) is 0 Å². The highest BCUT2D eigenvalue weighted by molar-refractivity contribution is 14.1. The van der Waals surface area contributed by atoms with Gasteiger partial charge in [-0.1, -0.05) is 59.7 Å². The smallest absolute Gasteiger partial charge is 0.130 e. The normalized spacial score (nSPS) is 25.0. The summed E-state index contributed by atoms with van der Waals surface area (Å²) in [6.45, 7) is 3.94. The van der Waals surface area contributed by atoms with Crippen LogP contribution >= 0.6 is 22.6 Å². The van der Waals surface area contributed by atoms with Crippen LogP contribution in [0.15, 0.2) is 24.3 Å². The van der Waals surface area contributed by atoms with Gasteiger partial charge in [0.05, 0.1) is 0 Å². The molecule has 1 aromatic carbocycles. The number of carbonyl (C=O) groups is 1. The molecule has 1 fully saturated rings. The van der Waals surface area contributed by atoms with Gasteiger partial charge < -0.3 is 4.79 Å². The Morgan fingerprint density at radius 3 is 2.68 bits per heavy atom. The Hall–Kier alpha value is -0.380. The van der Waals surface area contributed by atoms with Crippen molar-refractivity contribution >= 4 is 28.4 Å². The first-order valence-electron chi connectivity index (χ1n) is 7.28. The van der Waals surface area contributed by atoms with Gasteiger partial charge in [-0.05, 0) is 49.7 Å². The molecule has 0 aliphatic heterocycles. The van der Waals surface area contributed by atoms with Crippen LogP contribution in [0.4, 0.5) is 0 Å². The van der Waals surface area contributed by atoms with Gasteiger partial charge in [0.2, 0.25) is 0 Å². The number of ketones is 1. The summed E-state index contributed by atoms with van der Waals surface area (Å²) in [4.78, 5) is 11.5. The second kappa shape index (κ2) is 6.87. The second-order valence-corrected chi connectivity index (χ2v) is 7.21. The van der Waals surface area contributed by atoms with Crippen LogP contribution in [0.3, 0.4) is 0 Å². The standard InChI is InChI=1S/C17H23IO/c1-12-7-3-5-9-15(12)17(18)16-10-6-4-8-14(16)11-13(2)19/h3,5,7,9,14,16-17H,4,6,8,10-11H2,1-2H3. The number of hydrogen-bond acceptors (Lipinski definition) is 1. The summed E-state index contributed by atoms with van der Waals surface area (Å²) in [6, 6.07) is 8.70. The van der Waals surface area contributed by atoms with Crippen LogP contribution in [0.5, 0.6) is 0 Å². The number of rotatable bonds is 4. The minimum atomic E-state index is 0.352. The Labute approximate surface area is 130 Å². The topological polar surface area (TPSA) is 17.1 Å². The lowest BCUT2D eigenvalue weighted by atomic mass is 9.73. The molecule has 2 rings (SSSR count). The van der Waals surface area contributed by atoms with E-state index in [0.717, 1.165) is 6.42 Å². The second-order valence-electron chi connectivity index (χ2n) is 5.87. The largest absolute Gasteiger partial charge is 0.300 e. The van der Waals surface area contributed by atoms with Gasteiger partial charge in [-0.25, -0.2) is 0 Å². The molecule has 1 aliphatic carbocycles. The summed E-state index contributed by atoms with van der Waals surface area (Å²) in [7, 11) is 0. The molecule has 0 aromatic heterocycles. The van der Waals surface area contributed by atoms with Crippen molar-refractivity contribution in [3.05, 3.63) is 35.4 Å².